The number of pyridine rings is 1. The Morgan fingerprint density at radius 2 is 1.71 bits per heavy atom. The first kappa shape index (κ1) is 18.6. The zero-order valence-corrected chi connectivity index (χ0v) is 17.2. The molecular formula is C22H19N2O2PS. The second-order valence-corrected chi connectivity index (χ2v) is 9.06. The molecule has 2 N–H and O–H groups in total. The van der Waals surface area contributed by atoms with Crippen LogP contribution in [-0.2, 0) is 9.84 Å². The van der Waals surface area contributed by atoms with Gasteiger partial charge in [0.1, 0.15) is 0 Å². The van der Waals surface area contributed by atoms with Crippen molar-refractivity contribution >= 4 is 52.5 Å². The molecule has 0 spiro atoms. The molecule has 0 amide bonds. The van der Waals surface area contributed by atoms with Gasteiger partial charge in [0, 0.05) is 17.2 Å². The summed E-state index contributed by atoms with van der Waals surface area (Å²) >= 11 is 0. The van der Waals surface area contributed by atoms with Gasteiger partial charge in [0.2, 0.25) is 0 Å². The molecule has 4 aromatic rings. The van der Waals surface area contributed by atoms with Crippen molar-refractivity contribution in [2.75, 3.05) is 12.0 Å². The number of fused-ring (bicyclic) bond motifs is 2. The molecule has 0 bridgehead atoms. The van der Waals surface area contributed by atoms with Crippen molar-refractivity contribution in [1.82, 2.24) is 4.98 Å². The van der Waals surface area contributed by atoms with Crippen molar-refractivity contribution < 1.29 is 8.42 Å². The Balaban J connectivity index is 2.17. The average molecular weight is 406 g/mol. The molecule has 0 saturated carbocycles. The number of nitrogen functional groups attached to an aromatic ring is 1. The van der Waals surface area contributed by atoms with Crippen LogP contribution >= 0.6 is 9.24 Å². The lowest BCUT2D eigenvalue weighted by Gasteiger charge is -2.13. The number of aromatic nitrogens is 1. The van der Waals surface area contributed by atoms with Gasteiger partial charge in [-0.1, -0.05) is 48.3 Å². The molecule has 140 valence electrons. The maximum absolute atomic E-state index is 12.3. The Hall–Kier alpha value is -2.75. The van der Waals surface area contributed by atoms with Gasteiger partial charge in [0.25, 0.3) is 0 Å². The fourth-order valence-corrected chi connectivity index (χ4v) is 4.25. The number of hydrogen-bond donors (Lipinski definition) is 1. The number of benzene rings is 3. The smallest absolute Gasteiger partial charge is 0.175 e. The number of anilines is 1. The predicted molar refractivity (Wildman–Crippen MR) is 121 cm³/mol. The number of nitrogens with two attached hydrogens (primary N) is 1. The van der Waals surface area contributed by atoms with Crippen molar-refractivity contribution in [3.05, 3.63) is 72.2 Å². The quantitative estimate of drug-likeness (QED) is 0.492. The van der Waals surface area contributed by atoms with Crippen LogP contribution in [0.25, 0.3) is 38.9 Å². The van der Waals surface area contributed by atoms with E-state index in [0.29, 0.717) is 16.8 Å². The van der Waals surface area contributed by atoms with Crippen LogP contribution < -0.4 is 5.73 Å². The van der Waals surface area contributed by atoms with Crippen LogP contribution in [0.4, 0.5) is 5.69 Å². The topological polar surface area (TPSA) is 73.0 Å². The molecule has 1 aromatic heterocycles. The Morgan fingerprint density at radius 3 is 2.46 bits per heavy atom. The summed E-state index contributed by atoms with van der Waals surface area (Å²) in [7, 11) is -0.888. The minimum Gasteiger partial charge on any atom is -0.397 e. The average Bonchev–Trinajstić information content (AvgIpc) is 2.67. The molecule has 1 atom stereocenters. The van der Waals surface area contributed by atoms with Gasteiger partial charge >= 0.3 is 0 Å². The lowest BCUT2D eigenvalue weighted by atomic mass is 9.96. The van der Waals surface area contributed by atoms with Gasteiger partial charge < -0.3 is 5.73 Å². The molecule has 0 aliphatic rings. The minimum atomic E-state index is -3.40. The maximum Gasteiger partial charge on any atom is 0.175 e. The largest absolute Gasteiger partial charge is 0.397 e. The van der Waals surface area contributed by atoms with Crippen molar-refractivity contribution in [1.29, 1.82) is 0 Å². The number of hydrogen-bond acceptors (Lipinski definition) is 4. The van der Waals surface area contributed by atoms with E-state index in [9.17, 15) is 8.42 Å². The summed E-state index contributed by atoms with van der Waals surface area (Å²) in [6.45, 7) is 0. The summed E-state index contributed by atoms with van der Waals surface area (Å²) in [4.78, 5) is 5.00. The van der Waals surface area contributed by atoms with Crippen molar-refractivity contribution in [2.24, 2.45) is 0 Å². The van der Waals surface area contributed by atoms with Crippen LogP contribution in [0.1, 0.15) is 5.69 Å². The number of rotatable bonds is 3. The predicted octanol–water partition coefficient (Wildman–Crippen LogP) is 4.89. The first-order valence-electron chi connectivity index (χ1n) is 8.69. The molecule has 6 heteroatoms. The Labute approximate surface area is 166 Å². The fraction of sp³-hybridized carbons (Fsp3) is 0.0455. The van der Waals surface area contributed by atoms with E-state index in [1.54, 1.807) is 24.0 Å². The Kier molecular flexibility index (Phi) is 4.66. The van der Waals surface area contributed by atoms with Crippen molar-refractivity contribution in [3.8, 4) is 11.1 Å². The standard InChI is InChI=1S/C22H19N2O2PS/c1-28(25,26)16-11-15-12-20(23)21(9-10-27)24-22(15)19(13-16)18-8-4-6-14-5-2-3-7-17(14)18/h2-13H,23,27H2,1H3/b10-9+. The molecule has 4 nitrogen and oxygen atoms in total. The van der Waals surface area contributed by atoms with Crippen LogP contribution in [0.3, 0.4) is 0 Å². The van der Waals surface area contributed by atoms with E-state index in [1.165, 1.54) is 6.26 Å². The van der Waals surface area contributed by atoms with E-state index in [2.05, 4.69) is 9.24 Å². The highest BCUT2D eigenvalue weighted by molar-refractivity contribution is 7.90. The first-order valence-corrected chi connectivity index (χ1v) is 11.2. The summed E-state index contributed by atoms with van der Waals surface area (Å²) in [6.07, 6.45) is 3.03. The minimum absolute atomic E-state index is 0.249. The normalized spacial score (nSPS) is 12.2. The van der Waals surface area contributed by atoms with E-state index in [0.717, 1.165) is 27.4 Å². The second-order valence-electron chi connectivity index (χ2n) is 6.66. The summed E-state index contributed by atoms with van der Waals surface area (Å²) in [5, 5.41) is 2.82. The third-order valence-electron chi connectivity index (χ3n) is 4.71. The van der Waals surface area contributed by atoms with Gasteiger partial charge in [-0.15, -0.1) is 9.24 Å². The van der Waals surface area contributed by atoms with Gasteiger partial charge in [-0.05, 0) is 40.6 Å². The summed E-state index contributed by atoms with van der Waals surface area (Å²) in [6, 6.07) is 19.2. The van der Waals surface area contributed by atoms with Gasteiger partial charge in [0.05, 0.1) is 21.8 Å². The molecule has 0 saturated heterocycles. The van der Waals surface area contributed by atoms with Gasteiger partial charge in [-0.2, -0.15) is 0 Å². The Morgan fingerprint density at radius 1 is 0.964 bits per heavy atom. The molecule has 3 aromatic carbocycles. The number of nitrogens with zero attached hydrogens (tertiary/aromatic N) is 1. The van der Waals surface area contributed by atoms with Crippen LogP contribution in [0.2, 0.25) is 0 Å². The fourth-order valence-electron chi connectivity index (χ4n) is 3.39. The lowest BCUT2D eigenvalue weighted by Crippen LogP contribution is -2.01. The molecule has 0 aliphatic carbocycles. The van der Waals surface area contributed by atoms with E-state index in [4.69, 9.17) is 10.7 Å². The summed E-state index contributed by atoms with van der Waals surface area (Å²) in [5.74, 6) is 1.80. The van der Waals surface area contributed by atoms with Crippen LogP contribution in [0, 0.1) is 0 Å². The summed E-state index contributed by atoms with van der Waals surface area (Å²) < 4.78 is 24.6. The van der Waals surface area contributed by atoms with Gasteiger partial charge in [-0.25, -0.2) is 13.4 Å². The van der Waals surface area contributed by atoms with Crippen molar-refractivity contribution in [2.45, 2.75) is 4.90 Å². The van der Waals surface area contributed by atoms with E-state index < -0.39 is 9.84 Å². The highest BCUT2D eigenvalue weighted by Crippen LogP contribution is 2.36. The molecular weight excluding hydrogens is 387 g/mol. The third-order valence-corrected chi connectivity index (χ3v) is 6.00. The SMILES string of the molecule is CS(=O)(=O)c1cc(-c2cccc3ccccc23)c2nc(/C=C/P)c(N)cc2c1. The number of sulfone groups is 1. The highest BCUT2D eigenvalue weighted by Gasteiger charge is 2.16. The van der Waals surface area contributed by atoms with E-state index >= 15 is 0 Å². The third kappa shape index (κ3) is 3.28. The zero-order valence-electron chi connectivity index (χ0n) is 15.3. The van der Waals surface area contributed by atoms with E-state index in [-0.39, 0.29) is 4.90 Å². The molecule has 1 heterocycles. The van der Waals surface area contributed by atoms with Crippen LogP contribution in [-0.4, -0.2) is 19.7 Å². The monoisotopic (exact) mass is 406 g/mol. The second kappa shape index (κ2) is 7.01. The molecule has 28 heavy (non-hydrogen) atoms. The van der Waals surface area contributed by atoms with Gasteiger partial charge in [0.15, 0.2) is 9.84 Å². The van der Waals surface area contributed by atoms with Crippen LogP contribution in [0.5, 0.6) is 0 Å². The van der Waals surface area contributed by atoms with E-state index in [1.807, 2.05) is 48.5 Å². The van der Waals surface area contributed by atoms with Gasteiger partial charge in [-0.3, -0.25) is 0 Å². The molecule has 1 unspecified atom stereocenters. The van der Waals surface area contributed by atoms with Crippen molar-refractivity contribution in [3.63, 3.8) is 0 Å². The zero-order chi connectivity index (χ0) is 19.9. The molecule has 0 radical (unpaired) electrons. The maximum atomic E-state index is 12.3. The van der Waals surface area contributed by atoms with Crippen LogP contribution in [0.15, 0.2) is 71.4 Å². The first-order chi connectivity index (χ1) is 13.4. The molecule has 4 rings (SSSR count). The molecule has 0 fully saturated rings. The Bertz CT molecular complexity index is 1360. The highest BCUT2D eigenvalue weighted by atomic mass is 32.2. The molecule has 0 aliphatic heterocycles. The summed E-state index contributed by atoms with van der Waals surface area (Å²) in [5.41, 5.74) is 9.72. The lowest BCUT2D eigenvalue weighted by molar-refractivity contribution is 0.602.